The van der Waals surface area contributed by atoms with Gasteiger partial charge in [-0.05, 0) is 38.0 Å². The number of nitrogens with one attached hydrogen (secondary N) is 1. The fraction of sp³-hybridized carbons (Fsp3) is 0.417. The zero-order valence-corrected chi connectivity index (χ0v) is 22.9. The van der Waals surface area contributed by atoms with Gasteiger partial charge in [0.1, 0.15) is 18.4 Å². The van der Waals surface area contributed by atoms with Gasteiger partial charge in [-0.1, -0.05) is 65.8 Å². The van der Waals surface area contributed by atoms with Crippen molar-refractivity contribution >= 4 is 62.3 Å². The minimum Gasteiger partial charge on any atom is -0.352 e. The van der Waals surface area contributed by atoms with Crippen LogP contribution in [0.3, 0.4) is 0 Å². The van der Waals surface area contributed by atoms with Crippen LogP contribution in [0.1, 0.15) is 38.2 Å². The van der Waals surface area contributed by atoms with Gasteiger partial charge in [-0.25, -0.2) is 12.8 Å². The molecule has 1 fully saturated rings. The van der Waals surface area contributed by atoms with E-state index in [0.29, 0.717) is 0 Å². The van der Waals surface area contributed by atoms with Crippen LogP contribution in [0.4, 0.5) is 10.1 Å². The van der Waals surface area contributed by atoms with Gasteiger partial charge in [0.25, 0.3) is 0 Å². The predicted molar refractivity (Wildman–Crippen MR) is 140 cm³/mol. The highest BCUT2D eigenvalue weighted by Gasteiger charge is 2.32. The number of nitrogens with zero attached hydrogens (tertiary/aromatic N) is 2. The molecule has 2 amide bonds. The quantitative estimate of drug-likeness (QED) is 0.423. The molecular formula is C24H27Cl3FN3O4S. The molecule has 1 saturated carbocycles. The molecular weight excluding hydrogens is 552 g/mol. The zero-order valence-electron chi connectivity index (χ0n) is 19.8. The number of carbonyl (C=O) groups excluding carboxylic acids is 2. The Bertz CT molecular complexity index is 1240. The molecule has 36 heavy (non-hydrogen) atoms. The van der Waals surface area contributed by atoms with Gasteiger partial charge in [0.05, 0.1) is 27.0 Å². The monoisotopic (exact) mass is 577 g/mol. The fourth-order valence-electron chi connectivity index (χ4n) is 4.08. The number of benzene rings is 2. The summed E-state index contributed by atoms with van der Waals surface area (Å²) in [6.45, 7) is 0.601. The van der Waals surface area contributed by atoms with Crippen molar-refractivity contribution in [2.24, 2.45) is 0 Å². The number of rotatable bonds is 9. The molecule has 7 nitrogen and oxygen atoms in total. The number of sulfonamides is 1. The second-order valence-electron chi connectivity index (χ2n) is 8.77. The van der Waals surface area contributed by atoms with E-state index >= 15 is 0 Å². The van der Waals surface area contributed by atoms with Crippen LogP contribution in [0, 0.1) is 5.82 Å². The lowest BCUT2D eigenvalue weighted by Crippen LogP contribution is -2.52. The number of hydrogen-bond donors (Lipinski definition) is 1. The molecule has 0 bridgehead atoms. The highest BCUT2D eigenvalue weighted by atomic mass is 35.5. The van der Waals surface area contributed by atoms with Crippen molar-refractivity contribution < 1.29 is 22.4 Å². The molecule has 0 saturated heterocycles. The minimum absolute atomic E-state index is 0.00731. The van der Waals surface area contributed by atoms with Crippen LogP contribution >= 0.6 is 34.8 Å². The van der Waals surface area contributed by atoms with E-state index in [9.17, 15) is 22.4 Å². The van der Waals surface area contributed by atoms with Gasteiger partial charge in [-0.15, -0.1) is 0 Å². The first-order valence-electron chi connectivity index (χ1n) is 11.3. The third kappa shape index (κ3) is 7.03. The summed E-state index contributed by atoms with van der Waals surface area (Å²) in [5, 5.41) is 3.07. The van der Waals surface area contributed by atoms with Crippen molar-refractivity contribution in [1.82, 2.24) is 10.2 Å². The Hall–Kier alpha value is -2.07. The van der Waals surface area contributed by atoms with Gasteiger partial charge < -0.3 is 10.2 Å². The topological polar surface area (TPSA) is 86.8 Å². The lowest BCUT2D eigenvalue weighted by atomic mass is 10.1. The molecule has 2 aromatic carbocycles. The molecule has 0 aromatic heterocycles. The van der Waals surface area contributed by atoms with E-state index in [4.69, 9.17) is 34.8 Å². The first-order valence-corrected chi connectivity index (χ1v) is 14.3. The maximum absolute atomic E-state index is 14.5. The highest BCUT2D eigenvalue weighted by molar-refractivity contribution is 7.92. The lowest BCUT2D eigenvalue weighted by Gasteiger charge is -2.32. The van der Waals surface area contributed by atoms with Gasteiger partial charge >= 0.3 is 0 Å². The molecule has 1 aliphatic carbocycles. The smallest absolute Gasteiger partial charge is 0.244 e. The standard InChI is InChI=1S/C24H27Cl3FN3O4S/c1-15(24(33)29-17-8-4-5-9-17)30(13-16-7-3-6-10-21(16)28)23(32)14-31(36(2,34)35)22-12-19(26)18(25)11-20(22)27/h3,6-7,10-12,15,17H,4-5,8-9,13-14H2,1-2H3,(H,29,33). The SMILES string of the molecule is CC(C(=O)NC1CCCC1)N(Cc1ccccc1F)C(=O)CN(c1cc(Cl)c(Cl)cc1Cl)S(C)(=O)=O. The van der Waals surface area contributed by atoms with Crippen LogP contribution in [0.5, 0.6) is 0 Å². The largest absolute Gasteiger partial charge is 0.352 e. The van der Waals surface area contributed by atoms with Gasteiger partial charge in [-0.3, -0.25) is 13.9 Å². The average molecular weight is 579 g/mol. The summed E-state index contributed by atoms with van der Waals surface area (Å²) in [6.07, 6.45) is 4.61. The first-order chi connectivity index (χ1) is 16.9. The van der Waals surface area contributed by atoms with E-state index in [1.165, 1.54) is 37.3 Å². The number of halogens is 4. The van der Waals surface area contributed by atoms with Crippen LogP contribution in [0.25, 0.3) is 0 Å². The van der Waals surface area contributed by atoms with E-state index < -0.39 is 40.2 Å². The molecule has 0 spiro atoms. The van der Waals surface area contributed by atoms with Gasteiger partial charge in [0.15, 0.2) is 0 Å². The van der Waals surface area contributed by atoms with Crippen LogP contribution < -0.4 is 9.62 Å². The van der Waals surface area contributed by atoms with Gasteiger partial charge in [-0.2, -0.15) is 0 Å². The molecule has 2 aromatic rings. The van der Waals surface area contributed by atoms with Crippen molar-refractivity contribution in [3.8, 4) is 0 Å². The number of amides is 2. The molecule has 0 radical (unpaired) electrons. The van der Waals surface area contributed by atoms with Crippen LogP contribution in [0.2, 0.25) is 15.1 Å². The average Bonchev–Trinajstić information content (AvgIpc) is 3.31. The fourth-order valence-corrected chi connectivity index (χ4v) is 5.63. The Labute approximate surface area is 225 Å². The molecule has 3 rings (SSSR count). The summed E-state index contributed by atoms with van der Waals surface area (Å²) in [4.78, 5) is 27.7. The minimum atomic E-state index is -4.02. The van der Waals surface area contributed by atoms with Crippen LogP contribution in [-0.2, 0) is 26.2 Å². The molecule has 1 N–H and O–H groups in total. The van der Waals surface area contributed by atoms with Crippen molar-refractivity contribution in [1.29, 1.82) is 0 Å². The third-order valence-corrected chi connectivity index (χ3v) is 8.26. The summed E-state index contributed by atoms with van der Waals surface area (Å²) in [5.74, 6) is -1.67. The second kappa shape index (κ2) is 12.0. The van der Waals surface area contributed by atoms with E-state index in [1.54, 1.807) is 6.07 Å². The van der Waals surface area contributed by atoms with E-state index in [2.05, 4.69) is 5.32 Å². The molecule has 196 valence electrons. The maximum atomic E-state index is 14.5. The van der Waals surface area contributed by atoms with Crippen molar-refractivity contribution in [2.45, 2.75) is 51.2 Å². The maximum Gasteiger partial charge on any atom is 0.244 e. The molecule has 0 aliphatic heterocycles. The summed E-state index contributed by atoms with van der Waals surface area (Å²) in [6, 6.07) is 7.41. The number of carbonyl (C=O) groups is 2. The Morgan fingerprint density at radius 1 is 1.08 bits per heavy atom. The molecule has 0 heterocycles. The summed E-state index contributed by atoms with van der Waals surface area (Å²) < 4.78 is 40.6. The van der Waals surface area contributed by atoms with Crippen molar-refractivity contribution in [2.75, 3.05) is 17.1 Å². The first kappa shape index (κ1) is 28.5. The van der Waals surface area contributed by atoms with Gasteiger partial charge in [0, 0.05) is 18.2 Å². The lowest BCUT2D eigenvalue weighted by molar-refractivity contribution is -0.139. The van der Waals surface area contributed by atoms with Crippen LogP contribution in [0.15, 0.2) is 36.4 Å². The zero-order chi connectivity index (χ0) is 26.6. The molecule has 1 unspecified atom stereocenters. The highest BCUT2D eigenvalue weighted by Crippen LogP contribution is 2.35. The Balaban J connectivity index is 1.94. The number of hydrogen-bond acceptors (Lipinski definition) is 4. The van der Waals surface area contributed by atoms with E-state index in [1.807, 2.05) is 0 Å². The van der Waals surface area contributed by atoms with Crippen LogP contribution in [-0.4, -0.2) is 50.0 Å². The van der Waals surface area contributed by atoms with E-state index in [-0.39, 0.29) is 38.9 Å². The Morgan fingerprint density at radius 3 is 2.31 bits per heavy atom. The second-order valence-corrected chi connectivity index (χ2v) is 11.9. The van der Waals surface area contributed by atoms with E-state index in [0.717, 1.165) is 41.1 Å². The van der Waals surface area contributed by atoms with Gasteiger partial charge in [0.2, 0.25) is 21.8 Å². The molecule has 12 heteroatoms. The summed E-state index contributed by atoms with van der Waals surface area (Å²) in [7, 11) is -4.02. The Kier molecular flexibility index (Phi) is 9.49. The third-order valence-electron chi connectivity index (χ3n) is 6.11. The summed E-state index contributed by atoms with van der Waals surface area (Å²) >= 11 is 18.3. The number of anilines is 1. The Morgan fingerprint density at radius 2 is 1.69 bits per heavy atom. The van der Waals surface area contributed by atoms with Crippen molar-refractivity contribution in [3.05, 3.63) is 62.8 Å². The van der Waals surface area contributed by atoms with Crippen molar-refractivity contribution in [3.63, 3.8) is 0 Å². The predicted octanol–water partition coefficient (Wildman–Crippen LogP) is 5.03. The molecule has 1 aliphatic rings. The summed E-state index contributed by atoms with van der Waals surface area (Å²) in [5.41, 5.74) is 0.140. The molecule has 1 atom stereocenters. The normalized spacial score (nSPS) is 14.9.